The first-order valence-corrected chi connectivity index (χ1v) is 6.43. The lowest BCUT2D eigenvalue weighted by Gasteiger charge is -2.19. The van der Waals surface area contributed by atoms with Gasteiger partial charge in [0.15, 0.2) is 0 Å². The van der Waals surface area contributed by atoms with E-state index in [4.69, 9.17) is 5.11 Å². The Labute approximate surface area is 103 Å². The molecule has 0 bridgehead atoms. The van der Waals surface area contributed by atoms with E-state index in [1.165, 1.54) is 29.5 Å². The minimum absolute atomic E-state index is 0.224. The van der Waals surface area contributed by atoms with Gasteiger partial charge in [-0.1, -0.05) is 30.7 Å². The van der Waals surface area contributed by atoms with E-state index in [1.54, 1.807) is 0 Å². The number of carboxylic acids is 1. The molecule has 1 aromatic carbocycles. The van der Waals surface area contributed by atoms with Gasteiger partial charge in [0.2, 0.25) is 0 Å². The van der Waals surface area contributed by atoms with Crippen LogP contribution in [0.1, 0.15) is 48.8 Å². The van der Waals surface area contributed by atoms with Gasteiger partial charge in [-0.3, -0.25) is 4.79 Å². The van der Waals surface area contributed by atoms with Crippen LogP contribution in [0.3, 0.4) is 0 Å². The topological polar surface area (TPSA) is 37.3 Å². The summed E-state index contributed by atoms with van der Waals surface area (Å²) in [7, 11) is 0. The summed E-state index contributed by atoms with van der Waals surface area (Å²) >= 11 is 0. The van der Waals surface area contributed by atoms with E-state index >= 15 is 0 Å². The molecule has 1 unspecified atom stereocenters. The molecule has 2 heteroatoms. The van der Waals surface area contributed by atoms with Crippen molar-refractivity contribution >= 4 is 5.97 Å². The van der Waals surface area contributed by atoms with Crippen LogP contribution in [-0.2, 0) is 11.2 Å². The molecular formula is C15H20O2. The number of carboxylic acid groups (broad SMARTS) is 1. The third-order valence-corrected chi connectivity index (χ3v) is 3.67. The first kappa shape index (κ1) is 12.2. The summed E-state index contributed by atoms with van der Waals surface area (Å²) in [6.07, 6.45) is 3.64. The van der Waals surface area contributed by atoms with Gasteiger partial charge in [0.1, 0.15) is 0 Å². The first-order valence-electron chi connectivity index (χ1n) is 6.43. The molecule has 0 aliphatic heterocycles. The van der Waals surface area contributed by atoms with Crippen LogP contribution < -0.4 is 0 Å². The predicted octanol–water partition coefficient (Wildman–Crippen LogP) is 3.53. The summed E-state index contributed by atoms with van der Waals surface area (Å²) in [5.41, 5.74) is 3.82. The van der Waals surface area contributed by atoms with Crippen molar-refractivity contribution in [3.8, 4) is 0 Å². The highest BCUT2D eigenvalue weighted by molar-refractivity contribution is 5.68. The Hall–Kier alpha value is -1.31. The van der Waals surface area contributed by atoms with Crippen molar-refractivity contribution in [3.05, 3.63) is 34.9 Å². The molecule has 1 N–H and O–H groups in total. The van der Waals surface area contributed by atoms with Crippen molar-refractivity contribution in [2.75, 3.05) is 0 Å². The number of carbonyl (C=O) groups is 1. The summed E-state index contributed by atoms with van der Waals surface area (Å²) in [4.78, 5) is 11.0. The number of benzene rings is 1. The van der Waals surface area contributed by atoms with Crippen LogP contribution in [0.4, 0.5) is 0 Å². The monoisotopic (exact) mass is 232 g/mol. The molecule has 0 amide bonds. The van der Waals surface area contributed by atoms with Crippen molar-refractivity contribution in [2.24, 2.45) is 5.92 Å². The smallest absolute Gasteiger partial charge is 0.303 e. The first-order chi connectivity index (χ1) is 8.11. The molecule has 1 aromatic rings. The fraction of sp³-hybridized carbons (Fsp3) is 0.533. The van der Waals surface area contributed by atoms with E-state index in [0.717, 1.165) is 6.42 Å². The molecule has 92 valence electrons. The van der Waals surface area contributed by atoms with Gasteiger partial charge in [0, 0.05) is 0 Å². The summed E-state index contributed by atoms with van der Waals surface area (Å²) in [5, 5.41) is 9.05. The van der Waals surface area contributed by atoms with Crippen LogP contribution in [0, 0.1) is 12.8 Å². The van der Waals surface area contributed by atoms with E-state index in [0.29, 0.717) is 5.92 Å². The third-order valence-electron chi connectivity index (χ3n) is 3.67. The van der Waals surface area contributed by atoms with Crippen LogP contribution in [0.25, 0.3) is 0 Å². The normalized spacial score (nSPS) is 16.8. The second-order valence-electron chi connectivity index (χ2n) is 5.10. The van der Waals surface area contributed by atoms with Gasteiger partial charge in [-0.2, -0.15) is 0 Å². The maximum Gasteiger partial charge on any atom is 0.303 e. The second kappa shape index (κ2) is 4.91. The number of hydrogen-bond donors (Lipinski definition) is 1. The highest BCUT2D eigenvalue weighted by Crippen LogP contribution is 2.45. The Morgan fingerprint density at radius 2 is 2.18 bits per heavy atom. The van der Waals surface area contributed by atoms with Crippen LogP contribution in [0.2, 0.25) is 0 Å². The molecule has 1 atom stereocenters. The molecule has 1 saturated carbocycles. The van der Waals surface area contributed by atoms with Crippen LogP contribution in [-0.4, -0.2) is 11.1 Å². The van der Waals surface area contributed by atoms with E-state index in [2.05, 4.69) is 32.0 Å². The van der Waals surface area contributed by atoms with Crippen molar-refractivity contribution in [2.45, 2.75) is 45.4 Å². The molecule has 1 fully saturated rings. The van der Waals surface area contributed by atoms with Crippen LogP contribution in [0.15, 0.2) is 18.2 Å². The molecule has 0 radical (unpaired) electrons. The number of aliphatic carboxylic acids is 1. The average Bonchev–Trinajstić information content (AvgIpc) is 3.09. The Bertz CT molecular complexity index is 419. The maximum absolute atomic E-state index is 11.0. The minimum atomic E-state index is -0.676. The van der Waals surface area contributed by atoms with Gasteiger partial charge in [0.25, 0.3) is 0 Å². The van der Waals surface area contributed by atoms with E-state index in [-0.39, 0.29) is 12.3 Å². The average molecular weight is 232 g/mol. The van der Waals surface area contributed by atoms with Crippen molar-refractivity contribution < 1.29 is 9.90 Å². The Balaban J connectivity index is 2.33. The van der Waals surface area contributed by atoms with Gasteiger partial charge < -0.3 is 5.11 Å². The van der Waals surface area contributed by atoms with Gasteiger partial charge in [-0.25, -0.2) is 0 Å². The zero-order chi connectivity index (χ0) is 12.4. The molecular weight excluding hydrogens is 212 g/mol. The molecule has 0 spiro atoms. The zero-order valence-electron chi connectivity index (χ0n) is 10.6. The SMILES string of the molecule is CCc1ccc(C)cc1C(CC(=O)O)C1CC1. The number of aryl methyl sites for hydroxylation is 2. The Morgan fingerprint density at radius 3 is 2.71 bits per heavy atom. The highest BCUT2D eigenvalue weighted by Gasteiger charge is 2.34. The van der Waals surface area contributed by atoms with Crippen molar-refractivity contribution in [1.82, 2.24) is 0 Å². The van der Waals surface area contributed by atoms with Gasteiger partial charge in [0.05, 0.1) is 6.42 Å². The third kappa shape index (κ3) is 2.87. The quantitative estimate of drug-likeness (QED) is 0.843. The van der Waals surface area contributed by atoms with Gasteiger partial charge >= 0.3 is 5.97 Å². The fourth-order valence-electron chi connectivity index (χ4n) is 2.60. The molecule has 17 heavy (non-hydrogen) atoms. The van der Waals surface area contributed by atoms with Gasteiger partial charge in [-0.15, -0.1) is 0 Å². The predicted molar refractivity (Wildman–Crippen MR) is 68.3 cm³/mol. The number of hydrogen-bond acceptors (Lipinski definition) is 1. The summed E-state index contributed by atoms with van der Waals surface area (Å²) in [6.45, 7) is 4.21. The number of rotatable bonds is 5. The van der Waals surface area contributed by atoms with Crippen LogP contribution >= 0.6 is 0 Å². The summed E-state index contributed by atoms with van der Waals surface area (Å²) < 4.78 is 0. The lowest BCUT2D eigenvalue weighted by atomic mass is 9.86. The Kier molecular flexibility index (Phi) is 3.51. The van der Waals surface area contributed by atoms with E-state index in [1.807, 2.05) is 0 Å². The maximum atomic E-state index is 11.0. The van der Waals surface area contributed by atoms with Crippen molar-refractivity contribution in [3.63, 3.8) is 0 Å². The van der Waals surface area contributed by atoms with E-state index < -0.39 is 5.97 Å². The lowest BCUT2D eigenvalue weighted by Crippen LogP contribution is -2.10. The minimum Gasteiger partial charge on any atom is -0.481 e. The molecule has 0 heterocycles. The zero-order valence-corrected chi connectivity index (χ0v) is 10.6. The molecule has 0 saturated heterocycles. The highest BCUT2D eigenvalue weighted by atomic mass is 16.4. The molecule has 1 aliphatic carbocycles. The second-order valence-corrected chi connectivity index (χ2v) is 5.10. The van der Waals surface area contributed by atoms with Gasteiger partial charge in [-0.05, 0) is 49.1 Å². The summed E-state index contributed by atoms with van der Waals surface area (Å²) in [6, 6.07) is 6.46. The molecule has 0 aromatic heterocycles. The Morgan fingerprint density at radius 1 is 1.47 bits per heavy atom. The molecule has 2 nitrogen and oxygen atoms in total. The molecule has 2 rings (SSSR count). The van der Waals surface area contributed by atoms with E-state index in [9.17, 15) is 4.79 Å². The summed E-state index contributed by atoms with van der Waals surface area (Å²) in [5.74, 6) is 0.144. The standard InChI is InChI=1S/C15H20O2/c1-3-11-5-4-10(2)8-13(11)14(9-15(16)17)12-6-7-12/h4-5,8,12,14H,3,6-7,9H2,1-2H3,(H,16,17). The fourth-order valence-corrected chi connectivity index (χ4v) is 2.60. The van der Waals surface area contributed by atoms with Crippen molar-refractivity contribution in [1.29, 1.82) is 0 Å². The lowest BCUT2D eigenvalue weighted by molar-refractivity contribution is -0.137. The largest absolute Gasteiger partial charge is 0.481 e. The molecule has 1 aliphatic rings. The van der Waals surface area contributed by atoms with Crippen LogP contribution in [0.5, 0.6) is 0 Å².